The molecule has 2 aromatic carbocycles. The van der Waals surface area contributed by atoms with E-state index in [0.29, 0.717) is 10.8 Å². The number of aryl methyl sites for hydroxylation is 3. The third kappa shape index (κ3) is 4.25. The molecule has 1 N–H and O–H groups in total. The molecule has 0 aromatic heterocycles. The van der Waals surface area contributed by atoms with E-state index in [1.165, 1.54) is 0 Å². The van der Waals surface area contributed by atoms with Crippen LogP contribution in [0, 0.1) is 20.8 Å². The summed E-state index contributed by atoms with van der Waals surface area (Å²) in [5.41, 5.74) is 3.87. The second-order valence-electron chi connectivity index (χ2n) is 5.53. The summed E-state index contributed by atoms with van der Waals surface area (Å²) < 4.78 is 5.74. The first-order valence-electron chi connectivity index (χ1n) is 7.17. The zero-order chi connectivity index (χ0) is 16.3. The van der Waals surface area contributed by atoms with Crippen molar-refractivity contribution in [1.29, 1.82) is 0 Å². The summed E-state index contributed by atoms with van der Waals surface area (Å²) in [4.78, 5) is 12.3. The molecular weight excluding hydrogens is 298 g/mol. The summed E-state index contributed by atoms with van der Waals surface area (Å²) in [6.07, 6.45) is -0.587. The van der Waals surface area contributed by atoms with Gasteiger partial charge in [0.2, 0.25) is 0 Å². The first-order valence-corrected chi connectivity index (χ1v) is 7.55. The summed E-state index contributed by atoms with van der Waals surface area (Å²) >= 11 is 5.92. The van der Waals surface area contributed by atoms with E-state index in [1.807, 2.05) is 39.0 Å². The molecule has 0 heterocycles. The van der Waals surface area contributed by atoms with Gasteiger partial charge in [0.05, 0.1) is 0 Å². The second-order valence-corrected chi connectivity index (χ2v) is 5.97. The summed E-state index contributed by atoms with van der Waals surface area (Å²) in [6.45, 7) is 7.64. The van der Waals surface area contributed by atoms with Gasteiger partial charge in [0.1, 0.15) is 5.75 Å². The van der Waals surface area contributed by atoms with Crippen molar-refractivity contribution in [2.45, 2.75) is 33.8 Å². The number of carbonyl (C=O) groups excluding carboxylic acids is 1. The molecule has 0 fully saturated rings. The van der Waals surface area contributed by atoms with Crippen molar-refractivity contribution in [2.24, 2.45) is 0 Å². The maximum absolute atomic E-state index is 12.3. The smallest absolute Gasteiger partial charge is 0.265 e. The summed E-state index contributed by atoms with van der Waals surface area (Å²) in [5.74, 6) is 0.512. The maximum Gasteiger partial charge on any atom is 0.265 e. The van der Waals surface area contributed by atoms with Crippen molar-refractivity contribution in [2.75, 3.05) is 5.32 Å². The molecule has 0 bridgehead atoms. The molecule has 1 atom stereocenters. The monoisotopic (exact) mass is 317 g/mol. The molecule has 3 nitrogen and oxygen atoms in total. The molecule has 0 saturated heterocycles. The molecule has 1 amide bonds. The molecule has 0 saturated carbocycles. The van der Waals surface area contributed by atoms with Crippen LogP contribution in [0.4, 0.5) is 5.69 Å². The first kappa shape index (κ1) is 16.4. The topological polar surface area (TPSA) is 38.3 Å². The van der Waals surface area contributed by atoms with Gasteiger partial charge in [-0.15, -0.1) is 0 Å². The number of carbonyl (C=O) groups is 1. The van der Waals surface area contributed by atoms with Crippen molar-refractivity contribution in [3.05, 3.63) is 58.1 Å². The maximum atomic E-state index is 12.3. The number of halogens is 1. The highest BCUT2D eigenvalue weighted by molar-refractivity contribution is 6.30. The van der Waals surface area contributed by atoms with Gasteiger partial charge in [-0.05, 0) is 74.7 Å². The molecular formula is C18H20ClNO2. The molecule has 116 valence electrons. The molecule has 2 aromatic rings. The van der Waals surface area contributed by atoms with Crippen LogP contribution >= 0.6 is 11.6 Å². The summed E-state index contributed by atoms with van der Waals surface area (Å²) in [5, 5.41) is 3.51. The third-order valence-electron chi connectivity index (χ3n) is 3.32. The average molecular weight is 318 g/mol. The molecule has 2 rings (SSSR count). The Labute approximate surface area is 136 Å². The molecule has 0 unspecified atom stereocenters. The number of ether oxygens (including phenoxy) is 1. The average Bonchev–Trinajstić information content (AvgIpc) is 2.40. The van der Waals surface area contributed by atoms with Gasteiger partial charge < -0.3 is 10.1 Å². The molecule has 4 heteroatoms. The Morgan fingerprint density at radius 3 is 2.32 bits per heavy atom. The SMILES string of the molecule is Cc1cc(C)cc(O[C@@H](C)C(=O)Nc2ccc(Cl)cc2C)c1. The number of hydrogen-bond acceptors (Lipinski definition) is 2. The quantitative estimate of drug-likeness (QED) is 0.889. The Kier molecular flexibility index (Phi) is 5.09. The van der Waals surface area contributed by atoms with E-state index in [9.17, 15) is 4.79 Å². The Hall–Kier alpha value is -2.00. The second kappa shape index (κ2) is 6.84. The van der Waals surface area contributed by atoms with Crippen LogP contribution in [0.15, 0.2) is 36.4 Å². The van der Waals surface area contributed by atoms with Crippen LogP contribution in [-0.4, -0.2) is 12.0 Å². The van der Waals surface area contributed by atoms with Crippen molar-refractivity contribution in [3.63, 3.8) is 0 Å². The van der Waals surface area contributed by atoms with Crippen LogP contribution in [-0.2, 0) is 4.79 Å². The van der Waals surface area contributed by atoms with Gasteiger partial charge in [0.15, 0.2) is 6.10 Å². The number of benzene rings is 2. The van der Waals surface area contributed by atoms with Crippen LogP contribution in [0.2, 0.25) is 5.02 Å². The van der Waals surface area contributed by atoms with Crippen LogP contribution in [0.1, 0.15) is 23.6 Å². The van der Waals surface area contributed by atoms with E-state index >= 15 is 0 Å². The lowest BCUT2D eigenvalue weighted by molar-refractivity contribution is -0.122. The molecule has 0 radical (unpaired) electrons. The van der Waals surface area contributed by atoms with Crippen molar-refractivity contribution in [1.82, 2.24) is 0 Å². The minimum atomic E-state index is -0.587. The van der Waals surface area contributed by atoms with Crippen molar-refractivity contribution >= 4 is 23.2 Å². The summed E-state index contributed by atoms with van der Waals surface area (Å²) in [7, 11) is 0. The Morgan fingerprint density at radius 2 is 1.73 bits per heavy atom. The Bertz CT molecular complexity index is 677. The lowest BCUT2D eigenvalue weighted by Crippen LogP contribution is -2.30. The number of anilines is 1. The number of rotatable bonds is 4. The fourth-order valence-corrected chi connectivity index (χ4v) is 2.49. The summed E-state index contributed by atoms with van der Waals surface area (Å²) in [6, 6.07) is 11.3. The van der Waals surface area contributed by atoms with E-state index in [4.69, 9.17) is 16.3 Å². The van der Waals surface area contributed by atoms with Crippen LogP contribution in [0.5, 0.6) is 5.75 Å². The lowest BCUT2D eigenvalue weighted by atomic mass is 10.1. The van der Waals surface area contributed by atoms with Gasteiger partial charge in [-0.2, -0.15) is 0 Å². The van der Waals surface area contributed by atoms with Crippen LogP contribution in [0.3, 0.4) is 0 Å². The van der Waals surface area contributed by atoms with Crippen molar-refractivity contribution < 1.29 is 9.53 Å². The van der Waals surface area contributed by atoms with E-state index in [0.717, 1.165) is 22.4 Å². The highest BCUT2D eigenvalue weighted by atomic mass is 35.5. The number of hydrogen-bond donors (Lipinski definition) is 1. The fourth-order valence-electron chi connectivity index (χ4n) is 2.26. The van der Waals surface area contributed by atoms with E-state index in [2.05, 4.69) is 11.4 Å². The fraction of sp³-hybridized carbons (Fsp3) is 0.278. The van der Waals surface area contributed by atoms with Gasteiger partial charge in [-0.3, -0.25) is 4.79 Å². The minimum Gasteiger partial charge on any atom is -0.481 e. The van der Waals surface area contributed by atoms with Gasteiger partial charge in [-0.25, -0.2) is 0 Å². The Morgan fingerprint density at radius 1 is 1.09 bits per heavy atom. The van der Waals surface area contributed by atoms with E-state index in [1.54, 1.807) is 19.1 Å². The predicted molar refractivity (Wildman–Crippen MR) is 90.8 cm³/mol. The van der Waals surface area contributed by atoms with Gasteiger partial charge >= 0.3 is 0 Å². The van der Waals surface area contributed by atoms with E-state index < -0.39 is 6.10 Å². The van der Waals surface area contributed by atoms with Crippen LogP contribution < -0.4 is 10.1 Å². The van der Waals surface area contributed by atoms with Crippen molar-refractivity contribution in [3.8, 4) is 5.75 Å². The standard InChI is InChI=1S/C18H20ClNO2/c1-11-7-12(2)9-16(8-11)22-14(4)18(21)20-17-6-5-15(19)10-13(17)3/h5-10,14H,1-4H3,(H,20,21)/t14-/m0/s1. The molecule has 0 aliphatic rings. The Balaban J connectivity index is 2.05. The molecule has 22 heavy (non-hydrogen) atoms. The first-order chi connectivity index (χ1) is 10.3. The highest BCUT2D eigenvalue weighted by Crippen LogP contribution is 2.21. The third-order valence-corrected chi connectivity index (χ3v) is 3.56. The van der Waals surface area contributed by atoms with E-state index in [-0.39, 0.29) is 5.91 Å². The molecule has 0 spiro atoms. The number of amides is 1. The van der Waals surface area contributed by atoms with Gasteiger partial charge in [-0.1, -0.05) is 17.7 Å². The largest absolute Gasteiger partial charge is 0.481 e. The normalized spacial score (nSPS) is 11.9. The molecule has 0 aliphatic heterocycles. The van der Waals surface area contributed by atoms with Gasteiger partial charge in [0, 0.05) is 10.7 Å². The highest BCUT2D eigenvalue weighted by Gasteiger charge is 2.16. The lowest BCUT2D eigenvalue weighted by Gasteiger charge is -2.16. The molecule has 0 aliphatic carbocycles. The predicted octanol–water partition coefficient (Wildman–Crippen LogP) is 4.67. The van der Waals surface area contributed by atoms with Gasteiger partial charge in [0.25, 0.3) is 5.91 Å². The minimum absolute atomic E-state index is 0.190. The zero-order valence-electron chi connectivity index (χ0n) is 13.2. The number of nitrogens with one attached hydrogen (secondary N) is 1. The van der Waals surface area contributed by atoms with Crippen LogP contribution in [0.25, 0.3) is 0 Å². The zero-order valence-corrected chi connectivity index (χ0v) is 14.0.